The zero-order valence-corrected chi connectivity index (χ0v) is 26.1. The molecule has 1 fully saturated rings. The number of aliphatic hydroxyl groups is 1. The van der Waals surface area contributed by atoms with E-state index in [1.165, 1.54) is 42.0 Å². The van der Waals surface area contributed by atoms with E-state index >= 15 is 0 Å². The van der Waals surface area contributed by atoms with Gasteiger partial charge in [-0.2, -0.15) is 5.10 Å². The van der Waals surface area contributed by atoms with Crippen LogP contribution < -0.4 is 9.62 Å². The Balaban J connectivity index is 1.52. The van der Waals surface area contributed by atoms with E-state index in [-0.39, 0.29) is 41.1 Å². The van der Waals surface area contributed by atoms with E-state index in [4.69, 9.17) is 0 Å². The molecular formula is C34H32FN5O5S. The molecule has 46 heavy (non-hydrogen) atoms. The zero-order valence-electron chi connectivity index (χ0n) is 25.3. The Hall–Kier alpha value is -4.94. The maximum atomic E-state index is 13.8. The van der Waals surface area contributed by atoms with Crippen molar-refractivity contribution in [2.75, 3.05) is 30.8 Å². The number of benzene rings is 2. The van der Waals surface area contributed by atoms with Gasteiger partial charge in [0.1, 0.15) is 11.5 Å². The molecule has 0 bridgehead atoms. The van der Waals surface area contributed by atoms with Gasteiger partial charge in [0.25, 0.3) is 5.91 Å². The molecule has 1 saturated carbocycles. The average molecular weight is 642 g/mol. The summed E-state index contributed by atoms with van der Waals surface area (Å²) in [6.07, 6.45) is 6.25. The SMILES string of the molecule is CNC(=O)c1c(-c2ccc(F)cc2)nn2cc(N(CCO)S(C)(=O)=O)c(-c3cccc(C(=O)CC4(c5ccccn5)CC4)c3)cc12. The van der Waals surface area contributed by atoms with Gasteiger partial charge in [0.2, 0.25) is 10.0 Å². The van der Waals surface area contributed by atoms with Crippen LogP contribution in [0.2, 0.25) is 0 Å². The molecule has 2 N–H and O–H groups in total. The van der Waals surface area contributed by atoms with Crippen LogP contribution >= 0.6 is 0 Å². The molecule has 236 valence electrons. The average Bonchev–Trinajstić information content (AvgIpc) is 3.74. The fraction of sp³-hybridized carbons (Fsp3) is 0.235. The third-order valence-corrected chi connectivity index (χ3v) is 9.53. The van der Waals surface area contributed by atoms with Crippen molar-refractivity contribution < 1.29 is 27.5 Å². The van der Waals surface area contributed by atoms with Crippen LogP contribution in [0, 0.1) is 5.82 Å². The van der Waals surface area contributed by atoms with Crippen molar-refractivity contribution in [1.82, 2.24) is 19.9 Å². The van der Waals surface area contributed by atoms with Gasteiger partial charge in [-0.05, 0) is 66.9 Å². The highest BCUT2D eigenvalue weighted by Crippen LogP contribution is 2.51. The fourth-order valence-corrected chi connectivity index (χ4v) is 6.76. The number of nitrogens with one attached hydrogen (secondary N) is 1. The second-order valence-electron chi connectivity index (χ2n) is 11.4. The number of aliphatic hydroxyl groups excluding tert-OH is 1. The number of fused-ring (bicyclic) bond motifs is 1. The number of ketones is 1. The topological polar surface area (TPSA) is 134 Å². The number of halogens is 1. The Kier molecular flexibility index (Phi) is 8.17. The van der Waals surface area contributed by atoms with Crippen LogP contribution in [-0.4, -0.2) is 66.3 Å². The number of carbonyl (C=O) groups excluding carboxylic acids is 2. The van der Waals surface area contributed by atoms with Gasteiger partial charge in [0.05, 0.1) is 42.4 Å². The summed E-state index contributed by atoms with van der Waals surface area (Å²) in [7, 11) is -2.41. The highest BCUT2D eigenvalue weighted by Gasteiger charge is 2.47. The van der Waals surface area contributed by atoms with Gasteiger partial charge in [-0.15, -0.1) is 0 Å². The number of anilines is 1. The number of sulfonamides is 1. The van der Waals surface area contributed by atoms with Gasteiger partial charge < -0.3 is 10.4 Å². The minimum atomic E-state index is -3.90. The quantitative estimate of drug-likeness (QED) is 0.201. The number of amides is 1. The number of hydrogen-bond acceptors (Lipinski definition) is 7. The first-order valence-corrected chi connectivity index (χ1v) is 16.6. The summed E-state index contributed by atoms with van der Waals surface area (Å²) in [4.78, 5) is 31.4. The van der Waals surface area contributed by atoms with Crippen LogP contribution in [0.1, 0.15) is 45.7 Å². The summed E-state index contributed by atoms with van der Waals surface area (Å²) in [5.41, 5.74) is 3.48. The summed E-state index contributed by atoms with van der Waals surface area (Å²) in [6.45, 7) is -0.695. The van der Waals surface area contributed by atoms with Crippen LogP contribution in [0.4, 0.5) is 10.1 Å². The Morgan fingerprint density at radius 2 is 1.80 bits per heavy atom. The molecular weight excluding hydrogens is 609 g/mol. The monoisotopic (exact) mass is 641 g/mol. The largest absolute Gasteiger partial charge is 0.394 e. The van der Waals surface area contributed by atoms with Crippen molar-refractivity contribution in [2.45, 2.75) is 24.7 Å². The van der Waals surface area contributed by atoms with E-state index < -0.39 is 28.4 Å². The van der Waals surface area contributed by atoms with Crippen molar-refractivity contribution in [3.63, 3.8) is 0 Å². The van der Waals surface area contributed by atoms with Gasteiger partial charge >= 0.3 is 0 Å². The van der Waals surface area contributed by atoms with E-state index in [9.17, 15) is 27.5 Å². The second-order valence-corrected chi connectivity index (χ2v) is 13.4. The number of nitrogens with zero attached hydrogens (tertiary/aromatic N) is 4. The molecule has 0 unspecified atom stereocenters. The first kappa shape index (κ1) is 31.1. The number of pyridine rings is 2. The van der Waals surface area contributed by atoms with Crippen LogP contribution in [0.25, 0.3) is 27.9 Å². The summed E-state index contributed by atoms with van der Waals surface area (Å²) in [6, 6.07) is 19.8. The number of Topliss-reactive ketones (excluding diaryl/α,β-unsaturated/α-hetero) is 1. The molecule has 0 atom stereocenters. The van der Waals surface area contributed by atoms with Gasteiger partial charge in [0, 0.05) is 47.5 Å². The lowest BCUT2D eigenvalue weighted by molar-refractivity contribution is 0.0959. The highest BCUT2D eigenvalue weighted by molar-refractivity contribution is 7.92. The molecule has 3 aromatic heterocycles. The normalized spacial score (nSPS) is 13.8. The van der Waals surface area contributed by atoms with Crippen LogP contribution in [0.5, 0.6) is 0 Å². The minimum Gasteiger partial charge on any atom is -0.394 e. The van der Waals surface area contributed by atoms with Crippen molar-refractivity contribution in [3.8, 4) is 22.4 Å². The molecule has 12 heteroatoms. The number of hydrogen-bond donors (Lipinski definition) is 2. The second kappa shape index (κ2) is 12.1. The van der Waals surface area contributed by atoms with E-state index in [0.29, 0.717) is 27.8 Å². The third-order valence-electron chi connectivity index (χ3n) is 8.35. The van der Waals surface area contributed by atoms with Crippen molar-refractivity contribution in [3.05, 3.63) is 108 Å². The molecule has 2 aromatic carbocycles. The first-order chi connectivity index (χ1) is 22.0. The smallest absolute Gasteiger partial charge is 0.255 e. The molecule has 1 amide bonds. The number of aromatic nitrogens is 3. The minimum absolute atomic E-state index is 0.0723. The molecule has 5 aromatic rings. The maximum Gasteiger partial charge on any atom is 0.255 e. The van der Waals surface area contributed by atoms with Gasteiger partial charge in [-0.3, -0.25) is 18.9 Å². The fourth-order valence-electron chi connectivity index (χ4n) is 5.85. The molecule has 1 aliphatic carbocycles. The standard InChI is InChI=1S/C34H32FN5O5S/c1-36-33(43)31-27-19-26(23-6-5-7-24(18-23)29(42)20-34(13-14-34)30-8-3-4-15-37-30)28(40(16-17-41)46(2,44)45)21-39(27)38-32(31)22-9-11-25(35)12-10-22/h3-12,15,18-19,21,41H,13-14,16-17,20H2,1-2H3,(H,36,43). The van der Waals surface area contributed by atoms with Crippen LogP contribution in [-0.2, 0) is 15.4 Å². The molecule has 6 rings (SSSR count). The molecule has 0 spiro atoms. The maximum absolute atomic E-state index is 13.8. The third kappa shape index (κ3) is 5.88. The Morgan fingerprint density at radius 3 is 2.43 bits per heavy atom. The predicted molar refractivity (Wildman–Crippen MR) is 173 cm³/mol. The van der Waals surface area contributed by atoms with Gasteiger partial charge in [0.15, 0.2) is 5.78 Å². The zero-order chi connectivity index (χ0) is 32.6. The molecule has 10 nitrogen and oxygen atoms in total. The molecule has 3 heterocycles. The van der Waals surface area contributed by atoms with Crippen LogP contribution in [0.3, 0.4) is 0 Å². The van der Waals surface area contributed by atoms with Crippen LogP contribution in [0.15, 0.2) is 85.2 Å². The number of carbonyl (C=O) groups is 2. The highest BCUT2D eigenvalue weighted by atomic mass is 32.2. The molecule has 0 aliphatic heterocycles. The predicted octanol–water partition coefficient (Wildman–Crippen LogP) is 4.62. The summed E-state index contributed by atoms with van der Waals surface area (Å²) < 4.78 is 42.3. The van der Waals surface area contributed by atoms with E-state index in [0.717, 1.165) is 29.1 Å². The number of rotatable bonds is 11. The summed E-state index contributed by atoms with van der Waals surface area (Å²) in [5.74, 6) is -0.970. The van der Waals surface area contributed by atoms with Crippen molar-refractivity contribution in [2.24, 2.45) is 0 Å². The lowest BCUT2D eigenvalue weighted by Gasteiger charge is -2.24. The Bertz CT molecular complexity index is 2060. The lowest BCUT2D eigenvalue weighted by Crippen LogP contribution is -2.33. The summed E-state index contributed by atoms with van der Waals surface area (Å²) in [5, 5.41) is 17.1. The Labute approximate surface area is 265 Å². The van der Waals surface area contributed by atoms with Crippen molar-refractivity contribution >= 4 is 32.9 Å². The Morgan fingerprint density at radius 1 is 1.04 bits per heavy atom. The first-order valence-electron chi connectivity index (χ1n) is 14.7. The van der Waals surface area contributed by atoms with E-state index in [2.05, 4.69) is 15.4 Å². The van der Waals surface area contributed by atoms with Crippen molar-refractivity contribution in [1.29, 1.82) is 0 Å². The van der Waals surface area contributed by atoms with E-state index in [1.807, 2.05) is 18.2 Å². The summed E-state index contributed by atoms with van der Waals surface area (Å²) >= 11 is 0. The lowest BCUT2D eigenvalue weighted by atomic mass is 9.91. The molecule has 0 radical (unpaired) electrons. The molecule has 1 aliphatic rings. The molecule has 0 saturated heterocycles. The van der Waals surface area contributed by atoms with Gasteiger partial charge in [-0.25, -0.2) is 17.3 Å². The van der Waals surface area contributed by atoms with Gasteiger partial charge in [-0.1, -0.05) is 24.3 Å². The van der Waals surface area contributed by atoms with E-state index in [1.54, 1.807) is 36.5 Å².